The molecule has 1 saturated heterocycles. The lowest BCUT2D eigenvalue weighted by Crippen LogP contribution is -2.47. The molecule has 0 radical (unpaired) electrons. The highest BCUT2D eigenvalue weighted by Gasteiger charge is 2.54. The number of Topliss-reactive ketones (excluding diaryl/α,β-unsaturated/α-hetero) is 1. The Labute approximate surface area is 174 Å². The Morgan fingerprint density at radius 3 is 2.10 bits per heavy atom. The summed E-state index contributed by atoms with van der Waals surface area (Å²) < 4.78 is 26.8. The summed E-state index contributed by atoms with van der Waals surface area (Å²) in [5, 5.41) is 21.3. The van der Waals surface area contributed by atoms with Crippen LogP contribution in [-0.2, 0) is 4.74 Å². The highest BCUT2D eigenvalue weighted by Crippen LogP contribution is 2.44. The first kappa shape index (κ1) is 21.9. The summed E-state index contributed by atoms with van der Waals surface area (Å²) in [5.74, 6) is 0.406. The van der Waals surface area contributed by atoms with Gasteiger partial charge in [-0.3, -0.25) is 4.79 Å². The zero-order chi connectivity index (χ0) is 21.9. The highest BCUT2D eigenvalue weighted by molar-refractivity contribution is 6.03. The van der Waals surface area contributed by atoms with Gasteiger partial charge in [0.1, 0.15) is 0 Å². The summed E-state index contributed by atoms with van der Waals surface area (Å²) >= 11 is 0. The maximum atomic E-state index is 13.2. The molecular formula is C22H26O8. The minimum atomic E-state index is -1.91. The Morgan fingerprint density at radius 1 is 0.967 bits per heavy atom. The molecule has 2 aromatic rings. The lowest BCUT2D eigenvalue weighted by molar-refractivity contribution is -0.00184. The van der Waals surface area contributed by atoms with Crippen molar-refractivity contribution in [1.29, 1.82) is 0 Å². The molecule has 8 nitrogen and oxygen atoms in total. The number of benzene rings is 2. The summed E-state index contributed by atoms with van der Waals surface area (Å²) in [6.45, 7) is -0.709. The van der Waals surface area contributed by atoms with Gasteiger partial charge in [-0.15, -0.1) is 0 Å². The quantitative estimate of drug-likeness (QED) is 0.628. The number of aliphatic hydroxyl groups excluding tert-OH is 1. The summed E-state index contributed by atoms with van der Waals surface area (Å²) in [5.41, 5.74) is -1.03. The van der Waals surface area contributed by atoms with E-state index in [2.05, 4.69) is 0 Å². The molecule has 0 bridgehead atoms. The second-order valence-corrected chi connectivity index (χ2v) is 6.96. The Bertz CT molecular complexity index is 912. The van der Waals surface area contributed by atoms with Gasteiger partial charge >= 0.3 is 0 Å². The molecule has 1 fully saturated rings. The van der Waals surface area contributed by atoms with Gasteiger partial charge < -0.3 is 33.9 Å². The van der Waals surface area contributed by atoms with E-state index < -0.39 is 30.0 Å². The summed E-state index contributed by atoms with van der Waals surface area (Å²) in [4.78, 5) is 13.2. The number of methoxy groups -OCH3 is 4. The predicted octanol–water partition coefficient (Wildman–Crippen LogP) is 2.01. The fourth-order valence-electron chi connectivity index (χ4n) is 3.76. The molecule has 1 aliphatic rings. The van der Waals surface area contributed by atoms with E-state index in [1.165, 1.54) is 34.5 Å². The topological polar surface area (TPSA) is 104 Å². The standard InChI is InChI=1S/C22H26O8/c1-26-16-7-5-13(9-18(16)28-3)20-15(11-23)22(25,12-30-20)21(24)14-6-8-17(27-2)19(10-14)29-4/h5-10,15,20,23,25H,11-12H2,1-4H3/t15-,20+,22-/m1/s1. The van der Waals surface area contributed by atoms with Crippen LogP contribution in [0.3, 0.4) is 0 Å². The van der Waals surface area contributed by atoms with Crippen molar-refractivity contribution in [2.45, 2.75) is 11.7 Å². The molecule has 2 aromatic carbocycles. The average molecular weight is 418 g/mol. The molecule has 0 saturated carbocycles. The van der Waals surface area contributed by atoms with Gasteiger partial charge in [0.2, 0.25) is 0 Å². The van der Waals surface area contributed by atoms with E-state index in [1.807, 2.05) is 0 Å². The molecule has 0 aromatic heterocycles. The second kappa shape index (κ2) is 8.91. The SMILES string of the molecule is COc1ccc(C(=O)[C@@]2(O)CO[C@@H](c3ccc(OC)c(OC)c3)[C@H]2CO)cc1OC. The van der Waals surface area contributed by atoms with Gasteiger partial charge in [-0.05, 0) is 35.9 Å². The Morgan fingerprint density at radius 2 is 1.53 bits per heavy atom. The summed E-state index contributed by atoms with van der Waals surface area (Å²) in [6.07, 6.45) is -0.705. The van der Waals surface area contributed by atoms with Crippen LogP contribution in [0.4, 0.5) is 0 Å². The molecule has 0 spiro atoms. The number of hydrogen-bond acceptors (Lipinski definition) is 8. The molecule has 0 aliphatic carbocycles. The Kier molecular flexibility index (Phi) is 6.50. The van der Waals surface area contributed by atoms with E-state index in [4.69, 9.17) is 23.7 Å². The van der Waals surface area contributed by atoms with Crippen LogP contribution < -0.4 is 18.9 Å². The molecule has 1 aliphatic heterocycles. The molecule has 8 heteroatoms. The van der Waals surface area contributed by atoms with Crippen LogP contribution in [0.25, 0.3) is 0 Å². The molecule has 1 heterocycles. The zero-order valence-corrected chi connectivity index (χ0v) is 17.4. The molecule has 2 N–H and O–H groups in total. The maximum absolute atomic E-state index is 13.2. The van der Waals surface area contributed by atoms with Crippen molar-refractivity contribution in [3.05, 3.63) is 47.5 Å². The van der Waals surface area contributed by atoms with Gasteiger partial charge in [-0.2, -0.15) is 0 Å². The molecule has 3 rings (SSSR count). The number of rotatable bonds is 8. The first-order chi connectivity index (χ1) is 14.4. The van der Waals surface area contributed by atoms with Crippen LogP contribution in [0.5, 0.6) is 23.0 Å². The normalized spacial score (nSPS) is 23.1. The van der Waals surface area contributed by atoms with E-state index in [1.54, 1.807) is 30.3 Å². The van der Waals surface area contributed by atoms with Crippen molar-refractivity contribution in [3.8, 4) is 23.0 Å². The minimum absolute atomic E-state index is 0.227. The van der Waals surface area contributed by atoms with Crippen LogP contribution in [0.2, 0.25) is 0 Å². The molecule has 162 valence electrons. The van der Waals surface area contributed by atoms with Crippen LogP contribution in [0, 0.1) is 5.92 Å². The van der Waals surface area contributed by atoms with Gasteiger partial charge in [0.05, 0.1) is 53.7 Å². The second-order valence-electron chi connectivity index (χ2n) is 6.96. The number of ketones is 1. The van der Waals surface area contributed by atoms with E-state index in [0.29, 0.717) is 28.6 Å². The fourth-order valence-corrected chi connectivity index (χ4v) is 3.76. The van der Waals surface area contributed by atoms with E-state index >= 15 is 0 Å². The monoisotopic (exact) mass is 418 g/mol. The number of carbonyl (C=O) groups excluding carboxylic acids is 1. The summed E-state index contributed by atoms with van der Waals surface area (Å²) in [6, 6.07) is 9.79. The number of carbonyl (C=O) groups is 1. The van der Waals surface area contributed by atoms with Crippen molar-refractivity contribution in [1.82, 2.24) is 0 Å². The van der Waals surface area contributed by atoms with Gasteiger partial charge in [-0.1, -0.05) is 6.07 Å². The maximum Gasteiger partial charge on any atom is 0.197 e. The Balaban J connectivity index is 1.94. The number of ether oxygens (including phenoxy) is 5. The number of aliphatic hydroxyl groups is 2. The van der Waals surface area contributed by atoms with Crippen molar-refractivity contribution < 1.29 is 38.7 Å². The third-order valence-corrected chi connectivity index (χ3v) is 5.43. The zero-order valence-electron chi connectivity index (χ0n) is 17.4. The lowest BCUT2D eigenvalue weighted by atomic mass is 9.79. The van der Waals surface area contributed by atoms with Crippen LogP contribution in [-0.4, -0.2) is 63.3 Å². The predicted molar refractivity (Wildman–Crippen MR) is 108 cm³/mol. The third-order valence-electron chi connectivity index (χ3n) is 5.43. The molecule has 30 heavy (non-hydrogen) atoms. The van der Waals surface area contributed by atoms with Gasteiger partial charge in [0, 0.05) is 5.56 Å². The van der Waals surface area contributed by atoms with Crippen molar-refractivity contribution in [3.63, 3.8) is 0 Å². The van der Waals surface area contributed by atoms with E-state index in [-0.39, 0.29) is 12.2 Å². The van der Waals surface area contributed by atoms with Gasteiger partial charge in [-0.25, -0.2) is 0 Å². The smallest absolute Gasteiger partial charge is 0.197 e. The largest absolute Gasteiger partial charge is 0.493 e. The fraction of sp³-hybridized carbons (Fsp3) is 0.409. The molecular weight excluding hydrogens is 392 g/mol. The molecule has 0 amide bonds. The van der Waals surface area contributed by atoms with Crippen molar-refractivity contribution >= 4 is 5.78 Å². The van der Waals surface area contributed by atoms with Crippen molar-refractivity contribution in [2.75, 3.05) is 41.7 Å². The number of hydrogen-bond donors (Lipinski definition) is 2. The molecule has 3 atom stereocenters. The average Bonchev–Trinajstić information content (AvgIpc) is 3.14. The molecule has 0 unspecified atom stereocenters. The highest BCUT2D eigenvalue weighted by atomic mass is 16.5. The first-order valence-corrected chi connectivity index (χ1v) is 9.37. The lowest BCUT2D eigenvalue weighted by Gasteiger charge is -2.28. The van der Waals surface area contributed by atoms with Crippen LogP contribution >= 0.6 is 0 Å². The van der Waals surface area contributed by atoms with E-state index in [0.717, 1.165) is 0 Å². The third kappa shape index (κ3) is 3.69. The van der Waals surface area contributed by atoms with Crippen LogP contribution in [0.1, 0.15) is 22.0 Å². The summed E-state index contributed by atoms with van der Waals surface area (Å²) in [7, 11) is 5.99. The van der Waals surface area contributed by atoms with E-state index in [9.17, 15) is 15.0 Å². The minimum Gasteiger partial charge on any atom is -0.493 e. The van der Waals surface area contributed by atoms with Gasteiger partial charge in [0.15, 0.2) is 34.4 Å². The van der Waals surface area contributed by atoms with Crippen LogP contribution in [0.15, 0.2) is 36.4 Å². The first-order valence-electron chi connectivity index (χ1n) is 9.37. The van der Waals surface area contributed by atoms with Crippen molar-refractivity contribution in [2.24, 2.45) is 5.92 Å². The Hall–Kier alpha value is -2.81. The van der Waals surface area contributed by atoms with Gasteiger partial charge in [0.25, 0.3) is 0 Å².